The molecule has 0 aromatic heterocycles. The molecule has 5 nitrogen and oxygen atoms in total. The fourth-order valence-corrected chi connectivity index (χ4v) is 3.64. The monoisotopic (exact) mass is 317 g/mol. The molecule has 1 spiro atoms. The van der Waals surface area contributed by atoms with Gasteiger partial charge in [-0.2, -0.15) is 0 Å². The van der Waals surface area contributed by atoms with Gasteiger partial charge >= 0.3 is 0 Å². The number of hydrogen-bond acceptors (Lipinski definition) is 4. The molecule has 1 heterocycles. The summed E-state index contributed by atoms with van der Waals surface area (Å²) in [4.78, 5) is 12.1. The van der Waals surface area contributed by atoms with Crippen LogP contribution >= 0.6 is 0 Å². The van der Waals surface area contributed by atoms with Gasteiger partial charge in [-0.25, -0.2) is 0 Å². The van der Waals surface area contributed by atoms with Gasteiger partial charge in [-0.05, 0) is 56.8 Å². The zero-order valence-electron chi connectivity index (χ0n) is 13.9. The maximum absolute atomic E-state index is 12.1. The average molecular weight is 317 g/mol. The highest BCUT2D eigenvalue weighted by molar-refractivity contribution is 5.78. The van der Waals surface area contributed by atoms with E-state index in [0.717, 1.165) is 24.3 Å². The Bertz CT molecular complexity index is 543. The van der Waals surface area contributed by atoms with Gasteiger partial charge in [0.1, 0.15) is 5.75 Å². The molecular formula is C18H27N3O2. The van der Waals surface area contributed by atoms with Crippen LogP contribution in [0.2, 0.25) is 0 Å². The van der Waals surface area contributed by atoms with Crippen LogP contribution < -0.4 is 20.7 Å². The summed E-state index contributed by atoms with van der Waals surface area (Å²) < 4.78 is 5.48. The highest BCUT2D eigenvalue weighted by Crippen LogP contribution is 2.38. The van der Waals surface area contributed by atoms with Gasteiger partial charge in [0.2, 0.25) is 5.91 Å². The van der Waals surface area contributed by atoms with Crippen LogP contribution in [0.25, 0.3) is 0 Å². The van der Waals surface area contributed by atoms with Gasteiger partial charge in [-0.3, -0.25) is 4.79 Å². The molecule has 126 valence electrons. The topological polar surface area (TPSA) is 62.4 Å². The zero-order chi connectivity index (χ0) is 16.1. The molecule has 1 amide bonds. The number of carbonyl (C=O) groups excluding carboxylic acids is 1. The summed E-state index contributed by atoms with van der Waals surface area (Å²) in [5, 5.41) is 10.0. The molecule has 1 saturated heterocycles. The number of benzene rings is 1. The molecule has 3 rings (SSSR count). The van der Waals surface area contributed by atoms with Crippen LogP contribution in [-0.4, -0.2) is 37.2 Å². The Morgan fingerprint density at radius 1 is 1.43 bits per heavy atom. The van der Waals surface area contributed by atoms with E-state index in [1.54, 1.807) is 0 Å². The molecule has 1 aromatic rings. The van der Waals surface area contributed by atoms with Gasteiger partial charge in [0.15, 0.2) is 0 Å². The van der Waals surface area contributed by atoms with E-state index >= 15 is 0 Å². The van der Waals surface area contributed by atoms with Crippen LogP contribution in [-0.2, 0) is 11.3 Å². The van der Waals surface area contributed by atoms with Crippen molar-refractivity contribution in [1.29, 1.82) is 0 Å². The molecule has 5 heteroatoms. The van der Waals surface area contributed by atoms with Crippen LogP contribution in [0.1, 0.15) is 38.2 Å². The van der Waals surface area contributed by atoms with E-state index in [2.05, 4.69) is 16.0 Å². The number of hydrogen-bond donors (Lipinski definition) is 3. The van der Waals surface area contributed by atoms with Crippen LogP contribution in [0.3, 0.4) is 0 Å². The lowest BCUT2D eigenvalue weighted by molar-refractivity contribution is -0.120. The normalized spacial score (nSPS) is 21.9. The van der Waals surface area contributed by atoms with Crippen LogP contribution in [0.4, 0.5) is 0 Å². The molecule has 1 aromatic carbocycles. The lowest BCUT2D eigenvalue weighted by Gasteiger charge is -2.43. The van der Waals surface area contributed by atoms with E-state index in [4.69, 9.17) is 4.74 Å². The van der Waals surface area contributed by atoms with E-state index in [9.17, 15) is 4.79 Å². The van der Waals surface area contributed by atoms with Crippen molar-refractivity contribution in [3.63, 3.8) is 0 Å². The first-order valence-corrected chi connectivity index (χ1v) is 8.69. The third kappa shape index (κ3) is 3.85. The van der Waals surface area contributed by atoms with E-state index in [0.29, 0.717) is 25.7 Å². The molecule has 2 fully saturated rings. The quantitative estimate of drug-likeness (QED) is 0.714. The summed E-state index contributed by atoms with van der Waals surface area (Å²) >= 11 is 0. The molecule has 1 unspecified atom stereocenters. The minimum Gasteiger partial charge on any atom is -0.494 e. The fraction of sp³-hybridized carbons (Fsp3) is 0.611. The van der Waals surface area contributed by atoms with Crippen LogP contribution in [0.5, 0.6) is 5.75 Å². The molecule has 23 heavy (non-hydrogen) atoms. The van der Waals surface area contributed by atoms with Crippen LogP contribution in [0, 0.1) is 0 Å². The first kappa shape index (κ1) is 16.3. The minimum atomic E-state index is 0.0492. The van der Waals surface area contributed by atoms with Crippen molar-refractivity contribution in [3.8, 4) is 5.75 Å². The minimum absolute atomic E-state index is 0.0492. The Morgan fingerprint density at radius 3 is 3.04 bits per heavy atom. The maximum Gasteiger partial charge on any atom is 0.234 e. The second-order valence-electron chi connectivity index (χ2n) is 6.52. The third-order valence-corrected chi connectivity index (χ3v) is 5.03. The Hall–Kier alpha value is -1.59. The summed E-state index contributed by atoms with van der Waals surface area (Å²) in [7, 11) is 0. The molecule has 0 radical (unpaired) electrons. The van der Waals surface area contributed by atoms with E-state index in [-0.39, 0.29) is 11.4 Å². The lowest BCUT2D eigenvalue weighted by atomic mass is 9.73. The highest BCUT2D eigenvalue weighted by Gasteiger charge is 2.46. The summed E-state index contributed by atoms with van der Waals surface area (Å²) in [5.41, 5.74) is 1.33. The van der Waals surface area contributed by atoms with Crippen molar-refractivity contribution >= 4 is 5.91 Å². The number of ether oxygens (including phenoxy) is 1. The van der Waals surface area contributed by atoms with E-state index in [1.165, 1.54) is 19.3 Å². The van der Waals surface area contributed by atoms with Gasteiger partial charge in [0.25, 0.3) is 0 Å². The van der Waals surface area contributed by atoms with Gasteiger partial charge in [-0.15, -0.1) is 0 Å². The standard InChI is InChI=1S/C18H27N3O2/c1-2-23-15-6-3-5-14(11-15)12-20-17(22)13-19-16-7-10-21-18(16)8-4-9-18/h3,5-6,11,16,19,21H,2,4,7-10,12-13H2,1H3,(H,20,22). The summed E-state index contributed by atoms with van der Waals surface area (Å²) in [5.74, 6) is 0.898. The van der Waals surface area contributed by atoms with Crippen molar-refractivity contribution in [3.05, 3.63) is 29.8 Å². The van der Waals surface area contributed by atoms with Crippen molar-refractivity contribution in [2.24, 2.45) is 0 Å². The second kappa shape index (κ2) is 7.32. The lowest BCUT2D eigenvalue weighted by Crippen LogP contribution is -2.59. The van der Waals surface area contributed by atoms with Crippen molar-refractivity contribution in [2.75, 3.05) is 19.7 Å². The van der Waals surface area contributed by atoms with Gasteiger partial charge in [0, 0.05) is 18.1 Å². The average Bonchev–Trinajstić information content (AvgIpc) is 2.96. The molecule has 0 bridgehead atoms. The third-order valence-electron chi connectivity index (χ3n) is 5.03. The molecule has 1 aliphatic heterocycles. The predicted molar refractivity (Wildman–Crippen MR) is 90.5 cm³/mol. The number of carbonyl (C=O) groups is 1. The Balaban J connectivity index is 1.42. The summed E-state index contributed by atoms with van der Waals surface area (Å²) in [6, 6.07) is 8.29. The van der Waals surface area contributed by atoms with Gasteiger partial charge in [0.05, 0.1) is 13.2 Å². The van der Waals surface area contributed by atoms with E-state index < -0.39 is 0 Å². The first-order chi connectivity index (χ1) is 11.2. The number of rotatable bonds is 7. The molecule has 1 aliphatic carbocycles. The fourth-order valence-electron chi connectivity index (χ4n) is 3.64. The molecular weight excluding hydrogens is 290 g/mol. The second-order valence-corrected chi connectivity index (χ2v) is 6.52. The van der Waals surface area contributed by atoms with Crippen LogP contribution in [0.15, 0.2) is 24.3 Å². The Morgan fingerprint density at radius 2 is 2.30 bits per heavy atom. The van der Waals surface area contributed by atoms with Crippen molar-refractivity contribution in [2.45, 2.75) is 50.7 Å². The van der Waals surface area contributed by atoms with Crippen molar-refractivity contribution in [1.82, 2.24) is 16.0 Å². The summed E-state index contributed by atoms with van der Waals surface area (Å²) in [6.07, 6.45) is 4.88. The van der Waals surface area contributed by atoms with Gasteiger partial charge < -0.3 is 20.7 Å². The maximum atomic E-state index is 12.1. The Kier molecular flexibility index (Phi) is 5.18. The molecule has 1 saturated carbocycles. The molecule has 1 atom stereocenters. The molecule has 2 aliphatic rings. The van der Waals surface area contributed by atoms with Crippen molar-refractivity contribution < 1.29 is 9.53 Å². The highest BCUT2D eigenvalue weighted by atomic mass is 16.5. The first-order valence-electron chi connectivity index (χ1n) is 8.69. The summed E-state index contributed by atoms with van der Waals surface area (Å²) in [6.45, 7) is 4.60. The molecule has 3 N–H and O–H groups in total. The zero-order valence-corrected chi connectivity index (χ0v) is 13.9. The number of nitrogens with one attached hydrogen (secondary N) is 3. The predicted octanol–water partition coefficient (Wildman–Crippen LogP) is 1.58. The largest absolute Gasteiger partial charge is 0.494 e. The SMILES string of the molecule is CCOc1cccc(CNC(=O)CNC2CCNC23CCC3)c1. The number of amides is 1. The smallest absolute Gasteiger partial charge is 0.234 e. The Labute approximate surface area is 138 Å². The van der Waals surface area contributed by atoms with Gasteiger partial charge in [-0.1, -0.05) is 12.1 Å². The van der Waals surface area contributed by atoms with E-state index in [1.807, 2.05) is 31.2 Å².